The minimum atomic E-state index is -0.939. The van der Waals surface area contributed by atoms with Crippen LogP contribution in [-0.4, -0.2) is 47.5 Å². The molecule has 0 atom stereocenters. The molecule has 1 fully saturated rings. The predicted octanol–water partition coefficient (Wildman–Crippen LogP) is 6.70. The highest BCUT2D eigenvalue weighted by Crippen LogP contribution is 2.38. The molecule has 0 unspecified atom stereocenters. The standard InChI is InChI=1S/C26H28ClF2N3O2.ClH/c1-14(33)20-12-30-24-11-22(28)18(16-8-21(27)26(34)23(29)9-16)10-19(24)25(20)31-17-6-4-15(5-7-17)13-32(2)3;/h8-12,15,17,34H,4-7,13H2,1-3H3,(H,30,31);1H. The van der Waals surface area contributed by atoms with Crippen molar-refractivity contribution in [1.29, 1.82) is 0 Å². The van der Waals surface area contributed by atoms with E-state index in [1.54, 1.807) is 6.07 Å². The van der Waals surface area contributed by atoms with Crippen molar-refractivity contribution in [3.63, 3.8) is 0 Å². The summed E-state index contributed by atoms with van der Waals surface area (Å²) in [5.41, 5.74) is 1.72. The number of benzene rings is 2. The number of pyridine rings is 1. The number of aromatic nitrogens is 1. The Labute approximate surface area is 214 Å². The Morgan fingerprint density at radius 3 is 2.43 bits per heavy atom. The Morgan fingerprint density at radius 2 is 1.83 bits per heavy atom. The van der Waals surface area contributed by atoms with Crippen LogP contribution >= 0.6 is 24.0 Å². The van der Waals surface area contributed by atoms with Gasteiger partial charge in [-0.15, -0.1) is 12.4 Å². The van der Waals surface area contributed by atoms with Crippen molar-refractivity contribution in [2.45, 2.75) is 38.6 Å². The predicted molar refractivity (Wildman–Crippen MR) is 139 cm³/mol. The van der Waals surface area contributed by atoms with Crippen LogP contribution in [0.25, 0.3) is 22.0 Å². The quantitative estimate of drug-likeness (QED) is 0.352. The number of aromatic hydroxyl groups is 1. The third-order valence-corrected chi connectivity index (χ3v) is 6.77. The van der Waals surface area contributed by atoms with Gasteiger partial charge in [0, 0.05) is 35.8 Å². The smallest absolute Gasteiger partial charge is 0.170 e. The molecule has 1 aromatic heterocycles. The minimum Gasteiger partial charge on any atom is -0.504 e. The Morgan fingerprint density at radius 1 is 1.14 bits per heavy atom. The topological polar surface area (TPSA) is 65.5 Å². The summed E-state index contributed by atoms with van der Waals surface area (Å²) in [6.45, 7) is 2.53. The summed E-state index contributed by atoms with van der Waals surface area (Å²) in [7, 11) is 4.16. The SMILES string of the molecule is CC(=O)c1cnc2cc(F)c(-c3cc(F)c(O)c(Cl)c3)cc2c1NC1CCC(CN(C)C)CC1.Cl. The minimum absolute atomic E-state index is 0. The first-order chi connectivity index (χ1) is 16.1. The summed E-state index contributed by atoms with van der Waals surface area (Å²) in [4.78, 5) is 18.9. The van der Waals surface area contributed by atoms with Crippen LogP contribution in [0.1, 0.15) is 43.0 Å². The lowest BCUT2D eigenvalue weighted by atomic mass is 9.85. The number of anilines is 1. The number of fused-ring (bicyclic) bond motifs is 1. The highest BCUT2D eigenvalue weighted by atomic mass is 35.5. The van der Waals surface area contributed by atoms with Crippen LogP contribution in [0, 0.1) is 17.6 Å². The average molecular weight is 524 g/mol. The fraction of sp³-hybridized carbons (Fsp3) is 0.385. The zero-order valence-corrected chi connectivity index (χ0v) is 21.4. The van der Waals surface area contributed by atoms with Gasteiger partial charge < -0.3 is 15.3 Å². The maximum absolute atomic E-state index is 15.0. The Hall–Kier alpha value is -2.48. The van der Waals surface area contributed by atoms with Crippen LogP contribution in [0.3, 0.4) is 0 Å². The fourth-order valence-electron chi connectivity index (χ4n) is 4.79. The average Bonchev–Trinajstić information content (AvgIpc) is 2.77. The molecular formula is C26H29Cl2F2N3O2. The second-order valence-electron chi connectivity index (χ2n) is 9.36. The summed E-state index contributed by atoms with van der Waals surface area (Å²) in [6, 6.07) is 5.35. The normalized spacial score (nSPS) is 17.9. The summed E-state index contributed by atoms with van der Waals surface area (Å²) >= 11 is 5.92. The first-order valence-corrected chi connectivity index (χ1v) is 11.7. The molecule has 0 spiro atoms. The van der Waals surface area contributed by atoms with Gasteiger partial charge >= 0.3 is 0 Å². The summed E-state index contributed by atoms with van der Waals surface area (Å²) in [6.07, 6.45) is 5.57. The molecule has 5 nitrogen and oxygen atoms in total. The number of phenols is 1. The van der Waals surface area contributed by atoms with Gasteiger partial charge in [0.15, 0.2) is 17.3 Å². The first-order valence-electron chi connectivity index (χ1n) is 11.4. The number of Topliss-reactive ketones (excluding diaryl/α,β-unsaturated/α-hetero) is 1. The van der Waals surface area contributed by atoms with Crippen LogP contribution in [0.15, 0.2) is 30.5 Å². The molecule has 0 saturated heterocycles. The number of nitrogens with one attached hydrogen (secondary N) is 1. The number of halogens is 4. The summed E-state index contributed by atoms with van der Waals surface area (Å²) in [5.74, 6) is -1.73. The van der Waals surface area contributed by atoms with Crippen LogP contribution in [0.4, 0.5) is 14.5 Å². The first kappa shape index (κ1) is 27.1. The number of ketones is 1. The molecule has 4 rings (SSSR count). The second kappa shape index (κ2) is 11.1. The van der Waals surface area contributed by atoms with Crippen molar-refractivity contribution in [3.05, 3.63) is 52.7 Å². The molecule has 2 aromatic carbocycles. The van der Waals surface area contributed by atoms with Crippen LogP contribution < -0.4 is 5.32 Å². The van der Waals surface area contributed by atoms with Gasteiger partial charge in [0.1, 0.15) is 5.82 Å². The Bertz CT molecular complexity index is 1220. The fourth-order valence-corrected chi connectivity index (χ4v) is 5.00. The van der Waals surface area contributed by atoms with Gasteiger partial charge in [-0.3, -0.25) is 9.78 Å². The molecule has 2 N–H and O–H groups in total. The van der Waals surface area contributed by atoms with Gasteiger partial charge in [-0.05, 0) is 76.4 Å². The largest absolute Gasteiger partial charge is 0.504 e. The molecule has 0 amide bonds. The highest BCUT2D eigenvalue weighted by Gasteiger charge is 2.24. The molecule has 35 heavy (non-hydrogen) atoms. The molecule has 0 radical (unpaired) electrons. The second-order valence-corrected chi connectivity index (χ2v) is 9.77. The molecule has 0 bridgehead atoms. The van der Waals surface area contributed by atoms with E-state index in [0.717, 1.165) is 38.3 Å². The van der Waals surface area contributed by atoms with Crippen LogP contribution in [0.2, 0.25) is 5.02 Å². The van der Waals surface area contributed by atoms with E-state index in [0.29, 0.717) is 28.1 Å². The molecule has 188 valence electrons. The summed E-state index contributed by atoms with van der Waals surface area (Å²) < 4.78 is 29.1. The monoisotopic (exact) mass is 523 g/mol. The van der Waals surface area contributed by atoms with E-state index in [-0.39, 0.29) is 40.4 Å². The molecule has 1 heterocycles. The number of rotatable bonds is 6. The maximum Gasteiger partial charge on any atom is 0.170 e. The Balaban J connectivity index is 0.00000342. The number of carbonyl (C=O) groups excluding carboxylic acids is 1. The number of hydrogen-bond acceptors (Lipinski definition) is 5. The van der Waals surface area contributed by atoms with E-state index in [1.807, 2.05) is 0 Å². The van der Waals surface area contributed by atoms with E-state index >= 15 is 4.39 Å². The van der Waals surface area contributed by atoms with Crippen molar-refractivity contribution < 1.29 is 18.7 Å². The molecule has 0 aliphatic heterocycles. The van der Waals surface area contributed by atoms with E-state index in [9.17, 15) is 14.3 Å². The van der Waals surface area contributed by atoms with Crippen molar-refractivity contribution in [3.8, 4) is 16.9 Å². The molecule has 9 heteroatoms. The van der Waals surface area contributed by atoms with Gasteiger partial charge in [-0.25, -0.2) is 8.78 Å². The lowest BCUT2D eigenvalue weighted by Gasteiger charge is -2.32. The number of nitrogens with zero attached hydrogens (tertiary/aromatic N) is 2. The van der Waals surface area contributed by atoms with Gasteiger partial charge in [-0.1, -0.05) is 11.6 Å². The molecule has 1 saturated carbocycles. The third kappa shape index (κ3) is 5.85. The zero-order valence-electron chi connectivity index (χ0n) is 19.9. The van der Waals surface area contributed by atoms with E-state index in [1.165, 1.54) is 25.3 Å². The third-order valence-electron chi connectivity index (χ3n) is 6.48. The van der Waals surface area contributed by atoms with Crippen LogP contribution in [0.5, 0.6) is 5.75 Å². The summed E-state index contributed by atoms with van der Waals surface area (Å²) in [5, 5.41) is 13.6. The lowest BCUT2D eigenvalue weighted by Crippen LogP contribution is -2.31. The Kier molecular flexibility index (Phi) is 8.57. The molecule has 1 aliphatic rings. The van der Waals surface area contributed by atoms with Gasteiger partial charge in [-0.2, -0.15) is 0 Å². The molecular weight excluding hydrogens is 495 g/mol. The number of carbonyl (C=O) groups is 1. The number of hydrogen-bond donors (Lipinski definition) is 2. The van der Waals surface area contributed by atoms with Crippen molar-refractivity contribution in [1.82, 2.24) is 9.88 Å². The van der Waals surface area contributed by atoms with Gasteiger partial charge in [0.2, 0.25) is 0 Å². The highest BCUT2D eigenvalue weighted by molar-refractivity contribution is 6.32. The zero-order chi connectivity index (χ0) is 24.6. The van der Waals surface area contributed by atoms with E-state index in [2.05, 4.69) is 29.3 Å². The van der Waals surface area contributed by atoms with Crippen LogP contribution in [-0.2, 0) is 0 Å². The van der Waals surface area contributed by atoms with E-state index < -0.39 is 17.4 Å². The molecule has 1 aliphatic carbocycles. The lowest BCUT2D eigenvalue weighted by molar-refractivity contribution is 0.101. The van der Waals surface area contributed by atoms with Gasteiger partial charge in [0.25, 0.3) is 0 Å². The van der Waals surface area contributed by atoms with Crippen molar-refractivity contribution in [2.24, 2.45) is 5.92 Å². The van der Waals surface area contributed by atoms with Crippen molar-refractivity contribution in [2.75, 3.05) is 26.0 Å². The molecule has 3 aromatic rings. The van der Waals surface area contributed by atoms with E-state index in [4.69, 9.17) is 11.6 Å². The number of phenolic OH excluding ortho intramolecular Hbond substituents is 1. The van der Waals surface area contributed by atoms with Crippen molar-refractivity contribution >= 4 is 46.4 Å². The maximum atomic E-state index is 15.0. The van der Waals surface area contributed by atoms with Gasteiger partial charge in [0.05, 0.1) is 21.8 Å².